The van der Waals surface area contributed by atoms with Gasteiger partial charge in [0.25, 0.3) is 0 Å². The molecule has 0 heterocycles. The van der Waals surface area contributed by atoms with E-state index in [1.54, 1.807) is 0 Å². The molecule has 0 bridgehead atoms. The standard InChI is InChI=1S/C17H31NO3/c1-3-4-5-6-7-8-9-10-11-12-13-15(14-16(18)19)17(20)21-2/h14H,3-13H2,1-2H3,(H2,18,19). The number of ether oxygens (including phenoxy) is 1. The van der Waals surface area contributed by atoms with Crippen LogP contribution in [0.4, 0.5) is 0 Å². The van der Waals surface area contributed by atoms with Gasteiger partial charge < -0.3 is 10.5 Å². The van der Waals surface area contributed by atoms with Crippen LogP contribution in [-0.2, 0) is 14.3 Å². The summed E-state index contributed by atoms with van der Waals surface area (Å²) >= 11 is 0. The lowest BCUT2D eigenvalue weighted by Gasteiger charge is -2.05. The van der Waals surface area contributed by atoms with Crippen molar-refractivity contribution in [2.75, 3.05) is 7.11 Å². The number of amides is 1. The first kappa shape index (κ1) is 19.7. The highest BCUT2D eigenvalue weighted by atomic mass is 16.5. The second-order valence-corrected chi connectivity index (χ2v) is 5.50. The zero-order valence-electron chi connectivity index (χ0n) is 13.7. The van der Waals surface area contributed by atoms with Gasteiger partial charge in [-0.1, -0.05) is 64.7 Å². The van der Waals surface area contributed by atoms with Gasteiger partial charge in [-0.05, 0) is 12.8 Å². The van der Waals surface area contributed by atoms with E-state index in [9.17, 15) is 9.59 Å². The van der Waals surface area contributed by atoms with Gasteiger partial charge in [-0.25, -0.2) is 4.79 Å². The Hall–Kier alpha value is -1.32. The summed E-state index contributed by atoms with van der Waals surface area (Å²) in [6.45, 7) is 2.23. The van der Waals surface area contributed by atoms with Gasteiger partial charge in [-0.3, -0.25) is 4.79 Å². The first-order chi connectivity index (χ1) is 10.1. The van der Waals surface area contributed by atoms with Crippen LogP contribution in [0.15, 0.2) is 11.6 Å². The fourth-order valence-electron chi connectivity index (χ4n) is 2.34. The summed E-state index contributed by atoms with van der Waals surface area (Å²) in [5.74, 6) is -1.05. The van der Waals surface area contributed by atoms with Crippen molar-refractivity contribution >= 4 is 11.9 Å². The molecule has 0 saturated carbocycles. The molecule has 0 aromatic rings. The Labute approximate surface area is 129 Å². The minimum Gasteiger partial charge on any atom is -0.466 e. The molecule has 0 atom stereocenters. The Balaban J connectivity index is 3.63. The molecule has 21 heavy (non-hydrogen) atoms. The number of primary amides is 1. The van der Waals surface area contributed by atoms with Crippen molar-refractivity contribution < 1.29 is 14.3 Å². The van der Waals surface area contributed by atoms with Crippen molar-refractivity contribution in [1.82, 2.24) is 0 Å². The van der Waals surface area contributed by atoms with Gasteiger partial charge in [0.2, 0.25) is 5.91 Å². The van der Waals surface area contributed by atoms with E-state index >= 15 is 0 Å². The molecule has 0 radical (unpaired) electrons. The van der Waals surface area contributed by atoms with Crippen molar-refractivity contribution in [2.24, 2.45) is 5.73 Å². The maximum Gasteiger partial charge on any atom is 0.333 e. The van der Waals surface area contributed by atoms with Crippen LogP contribution in [0.25, 0.3) is 0 Å². The minimum atomic E-state index is -0.595. The highest BCUT2D eigenvalue weighted by Gasteiger charge is 2.10. The Bertz CT molecular complexity index is 324. The maximum absolute atomic E-state index is 11.4. The zero-order valence-corrected chi connectivity index (χ0v) is 13.7. The van der Waals surface area contributed by atoms with Crippen molar-refractivity contribution in [2.45, 2.75) is 77.6 Å². The van der Waals surface area contributed by atoms with Crippen molar-refractivity contribution in [3.63, 3.8) is 0 Å². The molecule has 0 fully saturated rings. The number of unbranched alkanes of at least 4 members (excludes halogenated alkanes) is 9. The highest BCUT2D eigenvalue weighted by Crippen LogP contribution is 2.14. The molecular weight excluding hydrogens is 266 g/mol. The van der Waals surface area contributed by atoms with Gasteiger partial charge in [-0.2, -0.15) is 0 Å². The van der Waals surface area contributed by atoms with E-state index in [0.717, 1.165) is 12.8 Å². The smallest absolute Gasteiger partial charge is 0.333 e. The third-order valence-electron chi connectivity index (χ3n) is 3.56. The summed E-state index contributed by atoms with van der Waals surface area (Å²) in [5.41, 5.74) is 5.46. The van der Waals surface area contributed by atoms with E-state index in [1.165, 1.54) is 64.6 Å². The second kappa shape index (κ2) is 13.7. The summed E-state index contributed by atoms with van der Waals surface area (Å²) in [6, 6.07) is 0. The number of rotatable bonds is 13. The summed E-state index contributed by atoms with van der Waals surface area (Å²) in [5, 5.41) is 0. The normalized spacial score (nSPS) is 11.4. The summed E-state index contributed by atoms with van der Waals surface area (Å²) in [4.78, 5) is 22.3. The van der Waals surface area contributed by atoms with Gasteiger partial charge >= 0.3 is 5.97 Å². The van der Waals surface area contributed by atoms with E-state index in [0.29, 0.717) is 12.0 Å². The fraction of sp³-hybridized carbons (Fsp3) is 0.765. The van der Waals surface area contributed by atoms with Crippen LogP contribution in [0.2, 0.25) is 0 Å². The number of hydrogen-bond acceptors (Lipinski definition) is 3. The summed E-state index contributed by atoms with van der Waals surface area (Å²) in [6.07, 6.45) is 14.1. The Morgan fingerprint density at radius 2 is 1.38 bits per heavy atom. The number of carbonyl (C=O) groups excluding carboxylic acids is 2. The van der Waals surface area contributed by atoms with Crippen molar-refractivity contribution in [3.8, 4) is 0 Å². The SMILES string of the molecule is CCCCCCCCCCCCC(=CC(N)=O)C(=O)OC. The molecule has 0 aliphatic rings. The molecule has 4 nitrogen and oxygen atoms in total. The average molecular weight is 297 g/mol. The first-order valence-corrected chi connectivity index (χ1v) is 8.20. The molecule has 0 saturated heterocycles. The maximum atomic E-state index is 11.4. The van der Waals surface area contributed by atoms with Crippen LogP contribution >= 0.6 is 0 Å². The molecule has 0 aromatic heterocycles. The minimum absolute atomic E-state index is 0.379. The van der Waals surface area contributed by atoms with Crippen molar-refractivity contribution in [1.29, 1.82) is 0 Å². The quantitative estimate of drug-likeness (QED) is 0.318. The van der Waals surface area contributed by atoms with Crippen molar-refractivity contribution in [3.05, 3.63) is 11.6 Å². The average Bonchev–Trinajstić information content (AvgIpc) is 2.46. The second-order valence-electron chi connectivity index (χ2n) is 5.50. The third-order valence-corrected chi connectivity index (χ3v) is 3.56. The predicted octanol–water partition coefficient (Wildman–Crippen LogP) is 3.88. The number of hydrogen-bond donors (Lipinski definition) is 1. The molecule has 0 aliphatic heterocycles. The molecule has 0 aromatic carbocycles. The van der Waals surface area contributed by atoms with Gasteiger partial charge in [-0.15, -0.1) is 0 Å². The molecule has 0 unspecified atom stereocenters. The molecule has 4 heteroatoms. The lowest BCUT2D eigenvalue weighted by Crippen LogP contribution is -2.12. The predicted molar refractivity (Wildman–Crippen MR) is 85.8 cm³/mol. The summed E-state index contributed by atoms with van der Waals surface area (Å²) in [7, 11) is 1.32. The molecule has 2 N–H and O–H groups in total. The van der Waals surface area contributed by atoms with Gasteiger partial charge in [0.15, 0.2) is 0 Å². The molecule has 122 valence electrons. The first-order valence-electron chi connectivity index (χ1n) is 8.20. The molecule has 0 rings (SSSR count). The Morgan fingerprint density at radius 1 is 0.905 bits per heavy atom. The molecule has 0 aliphatic carbocycles. The van der Waals surface area contributed by atoms with Crippen LogP contribution in [0.1, 0.15) is 77.6 Å². The van der Waals surface area contributed by atoms with E-state index < -0.39 is 11.9 Å². The lowest BCUT2D eigenvalue weighted by molar-refractivity contribution is -0.136. The molecule has 0 spiro atoms. The highest BCUT2D eigenvalue weighted by molar-refractivity contribution is 5.97. The van der Waals surface area contributed by atoms with E-state index in [1.807, 2.05) is 0 Å². The number of carbonyl (C=O) groups is 2. The Kier molecular flexibility index (Phi) is 12.8. The van der Waals surface area contributed by atoms with Crippen LogP contribution in [-0.4, -0.2) is 19.0 Å². The van der Waals surface area contributed by atoms with Crippen LogP contribution in [0.3, 0.4) is 0 Å². The number of esters is 1. The zero-order chi connectivity index (χ0) is 15.9. The van der Waals surface area contributed by atoms with Crippen LogP contribution < -0.4 is 5.73 Å². The van der Waals surface area contributed by atoms with Gasteiger partial charge in [0, 0.05) is 11.6 Å². The van der Waals surface area contributed by atoms with E-state index in [-0.39, 0.29) is 0 Å². The third kappa shape index (κ3) is 12.2. The van der Waals surface area contributed by atoms with Gasteiger partial charge in [0.05, 0.1) is 7.11 Å². The lowest BCUT2D eigenvalue weighted by atomic mass is 10.0. The summed E-state index contributed by atoms with van der Waals surface area (Å²) < 4.78 is 4.64. The molecule has 1 amide bonds. The van der Waals surface area contributed by atoms with Crippen LogP contribution in [0, 0.1) is 0 Å². The Morgan fingerprint density at radius 3 is 1.81 bits per heavy atom. The topological polar surface area (TPSA) is 69.4 Å². The number of methoxy groups -OCH3 is 1. The molecular formula is C17H31NO3. The van der Waals surface area contributed by atoms with E-state index in [2.05, 4.69) is 11.7 Å². The fourth-order valence-corrected chi connectivity index (χ4v) is 2.34. The number of nitrogens with two attached hydrogens (primary N) is 1. The van der Waals surface area contributed by atoms with E-state index in [4.69, 9.17) is 5.73 Å². The van der Waals surface area contributed by atoms with Crippen LogP contribution in [0.5, 0.6) is 0 Å². The monoisotopic (exact) mass is 297 g/mol. The van der Waals surface area contributed by atoms with Gasteiger partial charge in [0.1, 0.15) is 0 Å². The largest absolute Gasteiger partial charge is 0.466 e.